The highest BCUT2D eigenvalue weighted by Gasteiger charge is 1.93. The van der Waals surface area contributed by atoms with E-state index in [1.807, 2.05) is 0 Å². The largest absolute Gasteiger partial charge is 0.306 e. The van der Waals surface area contributed by atoms with Crippen molar-refractivity contribution in [2.24, 2.45) is 0 Å². The van der Waals surface area contributed by atoms with Crippen LogP contribution in [0.2, 0.25) is 0 Å². The summed E-state index contributed by atoms with van der Waals surface area (Å²) in [6, 6.07) is 8.47. The first-order valence-electron chi connectivity index (χ1n) is 3.22. The van der Waals surface area contributed by atoms with Gasteiger partial charge in [0.05, 0.1) is 4.90 Å². The van der Waals surface area contributed by atoms with Gasteiger partial charge in [0, 0.05) is 6.26 Å². The highest BCUT2D eigenvalue weighted by Crippen LogP contribution is 2.00. The van der Waals surface area contributed by atoms with Crippen molar-refractivity contribution >= 4 is 22.2 Å². The molecule has 0 radical (unpaired) electrons. The maximum absolute atomic E-state index is 10.3. The van der Waals surface area contributed by atoms with Gasteiger partial charge in [0.25, 0.3) is 0 Å². The molecule has 13 heavy (non-hydrogen) atoms. The van der Waals surface area contributed by atoms with Crippen molar-refractivity contribution in [2.45, 2.75) is 4.90 Å². The summed E-state index contributed by atoms with van der Waals surface area (Å²) in [5, 5.41) is 0. The van der Waals surface area contributed by atoms with Crippen LogP contribution >= 0.6 is 0 Å². The molecule has 0 saturated carbocycles. The number of hydrogen-bond donors (Lipinski definition) is 2. The van der Waals surface area contributed by atoms with Crippen LogP contribution in [-0.4, -0.2) is 23.8 Å². The van der Waals surface area contributed by atoms with E-state index in [4.69, 9.17) is 13.3 Å². The summed E-state index contributed by atoms with van der Waals surface area (Å²) in [5.41, 5.74) is 0. The van der Waals surface area contributed by atoms with Crippen LogP contribution in [0.5, 0.6) is 0 Å². The third-order valence-corrected chi connectivity index (χ3v) is 1.62. The van der Waals surface area contributed by atoms with Crippen molar-refractivity contribution in [1.29, 1.82) is 0 Å². The average molecular weight is 222 g/mol. The van der Waals surface area contributed by atoms with E-state index in [0.717, 1.165) is 0 Å². The fraction of sp³-hybridized carbons (Fsp3) is 0.143. The van der Waals surface area contributed by atoms with E-state index in [-0.39, 0.29) is 0 Å². The summed E-state index contributed by atoms with van der Waals surface area (Å²) in [6.07, 6.45) is 1.19. The quantitative estimate of drug-likeness (QED) is 0.698. The van der Waals surface area contributed by atoms with Crippen LogP contribution in [0.15, 0.2) is 35.2 Å². The zero-order chi connectivity index (χ0) is 10.3. The van der Waals surface area contributed by atoms with E-state index in [1.165, 1.54) is 6.26 Å². The fourth-order valence-corrected chi connectivity index (χ4v) is 0.927. The van der Waals surface area contributed by atoms with Gasteiger partial charge in [-0.05, 0) is 12.1 Å². The van der Waals surface area contributed by atoms with Crippen molar-refractivity contribution in [2.75, 3.05) is 6.26 Å². The minimum absolute atomic E-state index is 0.442. The minimum Gasteiger partial charge on any atom is -0.306 e. The number of hydrogen-bond acceptors (Lipinski definition) is 2. The second-order valence-corrected chi connectivity index (χ2v) is 3.80. The first-order valence-corrected chi connectivity index (χ1v) is 5.84. The molecule has 0 aliphatic carbocycles. The molecular weight excluding hydrogens is 212 g/mol. The van der Waals surface area contributed by atoms with Gasteiger partial charge in [-0.15, -0.1) is 0 Å². The van der Waals surface area contributed by atoms with Gasteiger partial charge in [-0.2, -0.15) is 0 Å². The molecule has 0 amide bonds. The molecule has 1 aromatic carbocycles. The SMILES string of the molecule is CS(=O)O.O=S(O)c1ccccc1. The highest BCUT2D eigenvalue weighted by atomic mass is 32.2. The molecule has 0 heterocycles. The van der Waals surface area contributed by atoms with E-state index in [2.05, 4.69) is 0 Å². The maximum Gasteiger partial charge on any atom is 0.186 e. The molecular formula is C7H10O4S2. The van der Waals surface area contributed by atoms with Gasteiger partial charge in [0.2, 0.25) is 0 Å². The summed E-state index contributed by atoms with van der Waals surface area (Å²) in [6.45, 7) is 0. The Morgan fingerprint density at radius 3 is 1.69 bits per heavy atom. The Morgan fingerprint density at radius 2 is 1.46 bits per heavy atom. The van der Waals surface area contributed by atoms with Gasteiger partial charge in [-0.1, -0.05) is 18.2 Å². The lowest BCUT2D eigenvalue weighted by Gasteiger charge is -1.89. The number of benzene rings is 1. The zero-order valence-corrected chi connectivity index (χ0v) is 8.55. The third-order valence-electron chi connectivity index (χ3n) is 0.945. The van der Waals surface area contributed by atoms with Crippen LogP contribution < -0.4 is 0 Å². The van der Waals surface area contributed by atoms with Crippen molar-refractivity contribution in [3.05, 3.63) is 30.3 Å². The molecule has 74 valence electrons. The third kappa shape index (κ3) is 7.79. The molecule has 0 spiro atoms. The molecule has 0 aliphatic rings. The summed E-state index contributed by atoms with van der Waals surface area (Å²) < 4.78 is 35.4. The Morgan fingerprint density at radius 1 is 1.08 bits per heavy atom. The molecule has 1 aromatic rings. The van der Waals surface area contributed by atoms with Crippen molar-refractivity contribution in [3.8, 4) is 0 Å². The van der Waals surface area contributed by atoms with Gasteiger partial charge in [0.15, 0.2) is 11.1 Å². The summed E-state index contributed by atoms with van der Waals surface area (Å²) >= 11 is -3.44. The molecule has 0 fully saturated rings. The lowest BCUT2D eigenvalue weighted by Crippen LogP contribution is -1.84. The van der Waals surface area contributed by atoms with Crippen LogP contribution in [0.1, 0.15) is 0 Å². The van der Waals surface area contributed by atoms with E-state index in [0.29, 0.717) is 4.90 Å². The van der Waals surface area contributed by atoms with Crippen LogP contribution in [0.4, 0.5) is 0 Å². The topological polar surface area (TPSA) is 74.6 Å². The molecule has 6 heteroatoms. The monoisotopic (exact) mass is 222 g/mol. The lowest BCUT2D eigenvalue weighted by atomic mass is 10.4. The fourth-order valence-electron chi connectivity index (χ4n) is 0.537. The maximum atomic E-state index is 10.3. The summed E-state index contributed by atoms with van der Waals surface area (Å²) in [5.74, 6) is 0. The predicted octanol–water partition coefficient (Wildman–Crippen LogP) is 1.11. The Hall–Kier alpha value is -0.560. The van der Waals surface area contributed by atoms with E-state index in [9.17, 15) is 4.21 Å². The smallest absolute Gasteiger partial charge is 0.186 e. The Bertz CT molecular complexity index is 282. The second-order valence-electron chi connectivity index (χ2n) is 1.99. The minimum atomic E-state index is -1.83. The van der Waals surface area contributed by atoms with Crippen LogP contribution in [0.25, 0.3) is 0 Å². The van der Waals surface area contributed by atoms with Gasteiger partial charge in [-0.25, -0.2) is 8.42 Å². The lowest BCUT2D eigenvalue weighted by molar-refractivity contribution is 0.564. The standard InChI is InChI=1S/C6H6O2S.CH4O2S/c7-9(8)6-4-2-1-3-5-6;1-4(2)3/h1-5H,(H,7,8);1H3,(H,2,3). The first kappa shape index (κ1) is 12.4. The van der Waals surface area contributed by atoms with Gasteiger partial charge in [0.1, 0.15) is 11.1 Å². The predicted molar refractivity (Wildman–Crippen MR) is 52.2 cm³/mol. The van der Waals surface area contributed by atoms with Gasteiger partial charge < -0.3 is 9.11 Å². The zero-order valence-electron chi connectivity index (χ0n) is 6.91. The van der Waals surface area contributed by atoms with E-state index >= 15 is 0 Å². The van der Waals surface area contributed by atoms with Crippen molar-refractivity contribution < 1.29 is 17.5 Å². The van der Waals surface area contributed by atoms with Crippen LogP contribution in [0, 0.1) is 0 Å². The normalized spacial score (nSPS) is 13.8. The van der Waals surface area contributed by atoms with E-state index in [1.54, 1.807) is 30.3 Å². The highest BCUT2D eigenvalue weighted by molar-refractivity contribution is 7.79. The molecule has 2 unspecified atom stereocenters. The number of rotatable bonds is 1. The van der Waals surface area contributed by atoms with Crippen molar-refractivity contribution in [3.63, 3.8) is 0 Å². The molecule has 0 aromatic heterocycles. The van der Waals surface area contributed by atoms with Crippen molar-refractivity contribution in [1.82, 2.24) is 0 Å². The van der Waals surface area contributed by atoms with Crippen LogP contribution in [-0.2, 0) is 22.2 Å². The van der Waals surface area contributed by atoms with Gasteiger partial charge >= 0.3 is 0 Å². The van der Waals surface area contributed by atoms with E-state index < -0.39 is 22.2 Å². The molecule has 0 saturated heterocycles. The molecule has 1 rings (SSSR count). The second kappa shape index (κ2) is 6.90. The summed E-state index contributed by atoms with van der Waals surface area (Å²) in [4.78, 5) is 0.442. The Kier molecular flexibility index (Phi) is 6.61. The molecule has 2 N–H and O–H groups in total. The van der Waals surface area contributed by atoms with Crippen LogP contribution in [0.3, 0.4) is 0 Å². The Balaban J connectivity index is 0.000000310. The molecule has 0 aliphatic heterocycles. The molecule has 0 bridgehead atoms. The summed E-state index contributed by atoms with van der Waals surface area (Å²) in [7, 11) is 0. The molecule has 4 nitrogen and oxygen atoms in total. The molecule has 2 atom stereocenters. The first-order chi connectivity index (χ1) is 6.04. The average Bonchev–Trinajstić information content (AvgIpc) is 2.05. The van der Waals surface area contributed by atoms with Gasteiger partial charge in [-0.3, -0.25) is 0 Å². The Labute approximate surface area is 81.6 Å².